The van der Waals surface area contributed by atoms with E-state index < -0.39 is 0 Å². The lowest BCUT2D eigenvalue weighted by Crippen LogP contribution is -2.22. The van der Waals surface area contributed by atoms with Gasteiger partial charge in [-0.15, -0.1) is 0 Å². The monoisotopic (exact) mass is 254 g/mol. The molecule has 1 N–H and O–H groups in total. The third-order valence-corrected chi connectivity index (χ3v) is 3.56. The largest absolute Gasteiger partial charge is 0.392 e. The van der Waals surface area contributed by atoms with E-state index in [0.29, 0.717) is 5.92 Å². The molecule has 0 aliphatic heterocycles. The molecule has 76 valence electrons. The summed E-state index contributed by atoms with van der Waals surface area (Å²) in [5.74, 6) is 0.358. The quantitative estimate of drug-likeness (QED) is 0.814. The van der Waals surface area contributed by atoms with Gasteiger partial charge in [-0.3, -0.25) is 0 Å². The van der Waals surface area contributed by atoms with Crippen LogP contribution in [0.5, 0.6) is 0 Å². The van der Waals surface area contributed by atoms with Gasteiger partial charge in [-0.2, -0.15) is 0 Å². The van der Waals surface area contributed by atoms with E-state index in [1.807, 2.05) is 0 Å². The predicted molar refractivity (Wildman–Crippen MR) is 61.4 cm³/mol. The smallest absolute Gasteiger partial charge is 0.0608 e. The summed E-state index contributed by atoms with van der Waals surface area (Å²) >= 11 is 3.42. The zero-order chi connectivity index (χ0) is 9.97. The van der Waals surface area contributed by atoms with Crippen LogP contribution in [-0.4, -0.2) is 11.2 Å². The number of hydrogen-bond donors (Lipinski definition) is 1. The minimum Gasteiger partial charge on any atom is -0.392 e. The number of halogens is 1. The highest BCUT2D eigenvalue weighted by atomic mass is 79.9. The van der Waals surface area contributed by atoms with Crippen LogP contribution in [-0.2, 0) is 0 Å². The minimum atomic E-state index is -0.134. The fourth-order valence-corrected chi connectivity index (χ4v) is 2.47. The molecule has 1 aliphatic rings. The van der Waals surface area contributed by atoms with Crippen molar-refractivity contribution in [3.8, 4) is 0 Å². The average Bonchev–Trinajstić information content (AvgIpc) is 2.20. The maximum atomic E-state index is 9.88. The lowest BCUT2D eigenvalue weighted by atomic mass is 9.82. The molecule has 0 amide bonds. The normalized spacial score (nSPS) is 27.6. The summed E-state index contributed by atoms with van der Waals surface area (Å²) in [5, 5.41) is 9.88. The number of aliphatic hydroxyl groups is 1. The molecule has 2 atom stereocenters. The molecule has 0 spiro atoms. The van der Waals surface area contributed by atoms with Gasteiger partial charge >= 0.3 is 0 Å². The van der Waals surface area contributed by atoms with Gasteiger partial charge < -0.3 is 5.11 Å². The van der Waals surface area contributed by atoms with Crippen molar-refractivity contribution in [2.75, 3.05) is 0 Å². The summed E-state index contributed by atoms with van der Waals surface area (Å²) in [5.41, 5.74) is 1.28. The summed E-state index contributed by atoms with van der Waals surface area (Å²) in [7, 11) is 0. The second kappa shape index (κ2) is 4.45. The summed E-state index contributed by atoms with van der Waals surface area (Å²) in [4.78, 5) is 0. The van der Waals surface area contributed by atoms with Crippen molar-refractivity contribution < 1.29 is 5.11 Å². The Morgan fingerprint density at radius 2 is 1.71 bits per heavy atom. The Morgan fingerprint density at radius 1 is 1.07 bits per heavy atom. The topological polar surface area (TPSA) is 20.2 Å². The van der Waals surface area contributed by atoms with E-state index in [4.69, 9.17) is 0 Å². The number of rotatable bonds is 1. The third kappa shape index (κ3) is 2.18. The van der Waals surface area contributed by atoms with Crippen molar-refractivity contribution in [3.05, 3.63) is 34.3 Å². The number of hydrogen-bond acceptors (Lipinski definition) is 1. The molecule has 0 unspecified atom stereocenters. The number of aliphatic hydroxyl groups excluding tert-OH is 1. The first kappa shape index (κ1) is 10.2. The second-order valence-electron chi connectivity index (χ2n) is 4.01. The van der Waals surface area contributed by atoms with Crippen LogP contribution in [0, 0.1) is 0 Å². The van der Waals surface area contributed by atoms with Crippen molar-refractivity contribution in [1.29, 1.82) is 0 Å². The van der Waals surface area contributed by atoms with Gasteiger partial charge in [-0.25, -0.2) is 0 Å². The van der Waals surface area contributed by atoms with Gasteiger partial charge in [0.1, 0.15) is 0 Å². The Labute approximate surface area is 93.3 Å². The first-order valence-electron chi connectivity index (χ1n) is 5.21. The first-order chi connectivity index (χ1) is 6.77. The molecule has 1 saturated carbocycles. The van der Waals surface area contributed by atoms with Gasteiger partial charge in [0.2, 0.25) is 0 Å². The van der Waals surface area contributed by atoms with Gasteiger partial charge in [0.05, 0.1) is 6.10 Å². The predicted octanol–water partition coefficient (Wildman–Crippen LogP) is 3.47. The fourth-order valence-electron chi connectivity index (χ4n) is 2.21. The number of benzene rings is 1. The molecule has 2 rings (SSSR count). The molecule has 0 bridgehead atoms. The van der Waals surface area contributed by atoms with Crippen LogP contribution in [0.3, 0.4) is 0 Å². The Bertz CT molecular complexity index is 294. The van der Waals surface area contributed by atoms with Crippen LogP contribution in [0.25, 0.3) is 0 Å². The van der Waals surface area contributed by atoms with E-state index in [2.05, 4.69) is 40.2 Å². The summed E-state index contributed by atoms with van der Waals surface area (Å²) in [6.45, 7) is 0. The standard InChI is InChI=1S/C12H15BrO/c13-10-7-5-9(6-8-10)11-3-1-2-4-12(11)14/h5-8,11-12,14H,1-4H2/t11-,12+/m1/s1. The fraction of sp³-hybridized carbons (Fsp3) is 0.500. The van der Waals surface area contributed by atoms with E-state index >= 15 is 0 Å². The van der Waals surface area contributed by atoms with Crippen LogP contribution in [0.4, 0.5) is 0 Å². The summed E-state index contributed by atoms with van der Waals surface area (Å²) in [6.07, 6.45) is 4.38. The molecule has 1 nitrogen and oxygen atoms in total. The van der Waals surface area contributed by atoms with Crippen LogP contribution in [0.15, 0.2) is 28.7 Å². The first-order valence-corrected chi connectivity index (χ1v) is 6.00. The SMILES string of the molecule is O[C@H]1CCCC[C@@H]1c1ccc(Br)cc1. The Morgan fingerprint density at radius 3 is 2.36 bits per heavy atom. The molecule has 1 fully saturated rings. The molecular weight excluding hydrogens is 240 g/mol. The van der Waals surface area contributed by atoms with Crippen molar-refractivity contribution in [3.63, 3.8) is 0 Å². The summed E-state index contributed by atoms with van der Waals surface area (Å²) < 4.78 is 1.10. The average molecular weight is 255 g/mol. The van der Waals surface area contributed by atoms with Crippen LogP contribution in [0.1, 0.15) is 37.2 Å². The van der Waals surface area contributed by atoms with E-state index in [9.17, 15) is 5.11 Å². The van der Waals surface area contributed by atoms with Gasteiger partial charge in [0, 0.05) is 10.4 Å². The van der Waals surface area contributed by atoms with Crippen LogP contribution < -0.4 is 0 Å². The molecule has 0 radical (unpaired) electrons. The van der Waals surface area contributed by atoms with Gasteiger partial charge in [0.15, 0.2) is 0 Å². The molecular formula is C12H15BrO. The molecule has 0 heterocycles. The van der Waals surface area contributed by atoms with E-state index in [0.717, 1.165) is 17.3 Å². The molecule has 1 aromatic rings. The zero-order valence-electron chi connectivity index (χ0n) is 8.12. The van der Waals surface area contributed by atoms with E-state index in [1.54, 1.807) is 0 Å². The van der Waals surface area contributed by atoms with E-state index in [1.165, 1.54) is 18.4 Å². The summed E-state index contributed by atoms with van der Waals surface area (Å²) in [6, 6.07) is 8.33. The highest BCUT2D eigenvalue weighted by Crippen LogP contribution is 2.33. The van der Waals surface area contributed by atoms with E-state index in [-0.39, 0.29) is 6.10 Å². The van der Waals surface area contributed by atoms with Crippen molar-refractivity contribution in [2.24, 2.45) is 0 Å². The Hall–Kier alpha value is -0.340. The highest BCUT2D eigenvalue weighted by molar-refractivity contribution is 9.10. The Balaban J connectivity index is 2.16. The van der Waals surface area contributed by atoms with Gasteiger partial charge in [0.25, 0.3) is 0 Å². The molecule has 2 heteroatoms. The zero-order valence-corrected chi connectivity index (χ0v) is 9.70. The minimum absolute atomic E-state index is 0.134. The van der Waals surface area contributed by atoms with Crippen LogP contribution >= 0.6 is 15.9 Å². The molecule has 1 aromatic carbocycles. The molecule has 14 heavy (non-hydrogen) atoms. The third-order valence-electron chi connectivity index (χ3n) is 3.03. The Kier molecular flexibility index (Phi) is 3.24. The van der Waals surface area contributed by atoms with Crippen molar-refractivity contribution in [1.82, 2.24) is 0 Å². The lowest BCUT2D eigenvalue weighted by molar-refractivity contribution is 0.106. The highest BCUT2D eigenvalue weighted by Gasteiger charge is 2.24. The van der Waals surface area contributed by atoms with Crippen LogP contribution in [0.2, 0.25) is 0 Å². The maximum absolute atomic E-state index is 9.88. The van der Waals surface area contributed by atoms with Crippen molar-refractivity contribution in [2.45, 2.75) is 37.7 Å². The van der Waals surface area contributed by atoms with Crippen molar-refractivity contribution >= 4 is 15.9 Å². The van der Waals surface area contributed by atoms with Gasteiger partial charge in [-0.05, 0) is 30.5 Å². The maximum Gasteiger partial charge on any atom is 0.0608 e. The molecule has 0 aromatic heterocycles. The lowest BCUT2D eigenvalue weighted by Gasteiger charge is -2.27. The molecule has 1 aliphatic carbocycles. The second-order valence-corrected chi connectivity index (χ2v) is 4.93. The molecule has 0 saturated heterocycles. The van der Waals surface area contributed by atoms with Gasteiger partial charge in [-0.1, -0.05) is 40.9 Å².